The average Bonchev–Trinajstić information content (AvgIpc) is 3.04. The summed E-state index contributed by atoms with van der Waals surface area (Å²) in [6, 6.07) is 20.3. The molecule has 0 spiro atoms. The van der Waals surface area contributed by atoms with Crippen LogP contribution in [0.15, 0.2) is 76.6 Å². The van der Waals surface area contributed by atoms with Gasteiger partial charge in [0.05, 0.1) is 11.0 Å². The van der Waals surface area contributed by atoms with Gasteiger partial charge in [-0.2, -0.15) is 0 Å². The molecule has 3 nitrogen and oxygen atoms in total. The molecule has 108 valence electrons. The normalized spacial score (nSPS) is 11.3. The van der Waals surface area contributed by atoms with Gasteiger partial charge in [0, 0.05) is 16.8 Å². The molecule has 4 aromatic rings. The molecule has 0 bridgehead atoms. The number of fused-ring (bicyclic) bond motifs is 3. The molecular weight excluding hydrogens is 292 g/mol. The summed E-state index contributed by atoms with van der Waals surface area (Å²) < 4.78 is 1.93. The zero-order valence-electron chi connectivity index (χ0n) is 11.8. The highest BCUT2D eigenvalue weighted by Crippen LogP contribution is 2.25. The minimum absolute atomic E-state index is 0.0530. The predicted molar refractivity (Wildman–Crippen MR) is 91.5 cm³/mol. The van der Waals surface area contributed by atoms with E-state index in [0.717, 1.165) is 21.7 Å². The van der Waals surface area contributed by atoms with Crippen molar-refractivity contribution >= 4 is 28.3 Å². The van der Waals surface area contributed by atoms with E-state index in [-0.39, 0.29) is 5.56 Å². The number of hydrogen-bond donors (Lipinski definition) is 1. The monoisotopic (exact) mass is 306 g/mol. The van der Waals surface area contributed by atoms with Gasteiger partial charge in [-0.3, -0.25) is 4.79 Å². The maximum Gasteiger partial charge on any atom is 0.272 e. The third-order valence-electron chi connectivity index (χ3n) is 3.71. The number of rotatable bonds is 3. The van der Waals surface area contributed by atoms with Gasteiger partial charge in [0.1, 0.15) is 5.52 Å². The summed E-state index contributed by atoms with van der Waals surface area (Å²) in [6.07, 6.45) is 1.92. The summed E-state index contributed by atoms with van der Waals surface area (Å²) in [5.74, 6) is 0.919. The van der Waals surface area contributed by atoms with E-state index in [1.54, 1.807) is 11.8 Å². The second-order valence-corrected chi connectivity index (χ2v) is 6.22. The summed E-state index contributed by atoms with van der Waals surface area (Å²) in [6.45, 7) is 0. The number of thioether (sulfide) groups is 1. The Labute approximate surface area is 131 Å². The molecule has 1 N–H and O–H groups in total. The maximum absolute atomic E-state index is 12.1. The minimum atomic E-state index is -0.0530. The van der Waals surface area contributed by atoms with E-state index >= 15 is 0 Å². The molecule has 2 aromatic heterocycles. The number of hydrogen-bond acceptors (Lipinski definition) is 2. The molecule has 0 radical (unpaired) electrons. The van der Waals surface area contributed by atoms with Gasteiger partial charge < -0.3 is 9.38 Å². The molecule has 4 rings (SSSR count). The molecule has 0 aliphatic carbocycles. The van der Waals surface area contributed by atoms with Crippen LogP contribution in [0, 0.1) is 0 Å². The summed E-state index contributed by atoms with van der Waals surface area (Å²) in [5.41, 5.74) is 3.80. The third kappa shape index (κ3) is 2.31. The van der Waals surface area contributed by atoms with Gasteiger partial charge in [0.25, 0.3) is 5.56 Å². The fraction of sp³-hybridized carbons (Fsp3) is 0.0556. The van der Waals surface area contributed by atoms with Crippen molar-refractivity contribution in [2.45, 2.75) is 10.6 Å². The molecule has 4 heteroatoms. The van der Waals surface area contributed by atoms with Crippen molar-refractivity contribution in [1.82, 2.24) is 9.38 Å². The number of nitrogens with zero attached hydrogens (tertiary/aromatic N) is 1. The average molecular weight is 306 g/mol. The fourth-order valence-corrected chi connectivity index (χ4v) is 3.51. The lowest BCUT2D eigenvalue weighted by Crippen LogP contribution is -2.09. The summed E-state index contributed by atoms with van der Waals surface area (Å²) >= 11 is 1.77. The Morgan fingerprint density at radius 1 is 0.955 bits per heavy atom. The van der Waals surface area contributed by atoms with E-state index in [0.29, 0.717) is 5.52 Å². The van der Waals surface area contributed by atoms with Gasteiger partial charge >= 0.3 is 0 Å². The Bertz CT molecular complexity index is 1000. The molecule has 0 saturated carbocycles. The quantitative estimate of drug-likeness (QED) is 0.579. The lowest BCUT2D eigenvalue weighted by atomic mass is 10.2. The van der Waals surface area contributed by atoms with E-state index in [2.05, 4.69) is 41.4 Å². The highest BCUT2D eigenvalue weighted by Gasteiger charge is 2.05. The first kappa shape index (κ1) is 13.2. The van der Waals surface area contributed by atoms with Crippen molar-refractivity contribution in [3.8, 4) is 0 Å². The Hall–Kier alpha value is -2.46. The molecule has 0 saturated heterocycles. The molecular formula is C18H14N2OS. The molecule has 0 unspecified atom stereocenters. The van der Waals surface area contributed by atoms with E-state index in [1.165, 1.54) is 5.56 Å². The molecule has 0 aliphatic heterocycles. The van der Waals surface area contributed by atoms with Crippen molar-refractivity contribution in [2.24, 2.45) is 0 Å². The van der Waals surface area contributed by atoms with Crippen molar-refractivity contribution in [3.05, 3.63) is 82.8 Å². The second-order valence-electron chi connectivity index (χ2n) is 5.17. The third-order valence-corrected chi connectivity index (χ3v) is 4.77. The zero-order valence-corrected chi connectivity index (χ0v) is 12.6. The first-order valence-corrected chi connectivity index (χ1v) is 8.10. The van der Waals surface area contributed by atoms with Crippen LogP contribution in [0.3, 0.4) is 0 Å². The first-order valence-electron chi connectivity index (χ1n) is 7.11. The highest BCUT2D eigenvalue weighted by molar-refractivity contribution is 7.98. The van der Waals surface area contributed by atoms with Gasteiger partial charge in [-0.1, -0.05) is 30.3 Å². The zero-order chi connectivity index (χ0) is 14.9. The Morgan fingerprint density at radius 2 is 1.82 bits per heavy atom. The van der Waals surface area contributed by atoms with Crippen LogP contribution in [-0.4, -0.2) is 9.38 Å². The Balaban J connectivity index is 1.71. The Kier molecular flexibility index (Phi) is 3.24. The van der Waals surface area contributed by atoms with E-state index in [4.69, 9.17) is 0 Å². The lowest BCUT2D eigenvalue weighted by molar-refractivity contribution is 1.18. The number of aromatic amines is 1. The van der Waals surface area contributed by atoms with Crippen molar-refractivity contribution in [3.63, 3.8) is 0 Å². The second kappa shape index (κ2) is 5.39. The van der Waals surface area contributed by atoms with Crippen LogP contribution in [0.2, 0.25) is 0 Å². The van der Waals surface area contributed by atoms with Crippen LogP contribution in [-0.2, 0) is 5.75 Å². The van der Waals surface area contributed by atoms with Crippen molar-refractivity contribution in [2.75, 3.05) is 0 Å². The summed E-state index contributed by atoms with van der Waals surface area (Å²) in [7, 11) is 0. The molecule has 0 amide bonds. The minimum Gasteiger partial charge on any atom is -0.319 e. The number of nitrogens with one attached hydrogen (secondary N) is 1. The SMILES string of the molecule is O=c1[nH]c2cc(SCc3ccccc3)ccc2n2cccc12. The number of benzene rings is 2. The molecule has 0 atom stereocenters. The van der Waals surface area contributed by atoms with Crippen LogP contribution in [0.25, 0.3) is 16.6 Å². The summed E-state index contributed by atoms with van der Waals surface area (Å²) in [5, 5.41) is 0. The largest absolute Gasteiger partial charge is 0.319 e. The molecule has 2 heterocycles. The molecule has 2 aromatic carbocycles. The smallest absolute Gasteiger partial charge is 0.272 e. The van der Waals surface area contributed by atoms with Crippen LogP contribution in [0.4, 0.5) is 0 Å². The lowest BCUT2D eigenvalue weighted by Gasteiger charge is -2.06. The molecule has 0 aliphatic rings. The topological polar surface area (TPSA) is 37.3 Å². The van der Waals surface area contributed by atoms with Crippen LogP contribution in [0.1, 0.15) is 5.56 Å². The number of H-pyrrole nitrogens is 1. The van der Waals surface area contributed by atoms with Crippen LogP contribution >= 0.6 is 11.8 Å². The van der Waals surface area contributed by atoms with Crippen LogP contribution < -0.4 is 5.56 Å². The highest BCUT2D eigenvalue weighted by atomic mass is 32.2. The number of aromatic nitrogens is 2. The predicted octanol–water partition coefficient (Wildman–Crippen LogP) is 4.07. The van der Waals surface area contributed by atoms with Crippen LogP contribution in [0.5, 0.6) is 0 Å². The van der Waals surface area contributed by atoms with Gasteiger partial charge in [-0.25, -0.2) is 0 Å². The van der Waals surface area contributed by atoms with Crippen molar-refractivity contribution in [1.29, 1.82) is 0 Å². The molecule has 22 heavy (non-hydrogen) atoms. The van der Waals surface area contributed by atoms with Gasteiger partial charge in [0.15, 0.2) is 0 Å². The Morgan fingerprint density at radius 3 is 2.68 bits per heavy atom. The van der Waals surface area contributed by atoms with Gasteiger partial charge in [-0.05, 0) is 35.9 Å². The summed E-state index contributed by atoms with van der Waals surface area (Å²) in [4.78, 5) is 16.2. The fourth-order valence-electron chi connectivity index (χ4n) is 2.62. The van der Waals surface area contributed by atoms with E-state index in [1.807, 2.05) is 34.9 Å². The van der Waals surface area contributed by atoms with E-state index < -0.39 is 0 Å². The van der Waals surface area contributed by atoms with Gasteiger partial charge in [-0.15, -0.1) is 11.8 Å². The van der Waals surface area contributed by atoms with Gasteiger partial charge in [0.2, 0.25) is 0 Å². The first-order chi connectivity index (χ1) is 10.8. The van der Waals surface area contributed by atoms with Crippen molar-refractivity contribution < 1.29 is 0 Å². The van der Waals surface area contributed by atoms with E-state index in [9.17, 15) is 4.79 Å². The maximum atomic E-state index is 12.1. The standard InChI is InChI=1S/C18H14N2OS/c21-18-17-7-4-10-20(17)16-9-8-14(11-15(16)19-18)22-12-13-5-2-1-3-6-13/h1-11H,12H2,(H,19,21). The molecule has 0 fully saturated rings.